The largest absolute Gasteiger partial charge is 0.164 e. The highest BCUT2D eigenvalue weighted by Gasteiger charge is 1.86. The second-order valence-electron chi connectivity index (χ2n) is 3.95. The highest BCUT2D eigenvalue weighted by atomic mass is 15.2. The Bertz CT molecular complexity index is 336. The predicted molar refractivity (Wildman–Crippen MR) is 71.4 cm³/mol. The van der Waals surface area contributed by atoms with Crippen molar-refractivity contribution >= 4 is 12.4 Å². The van der Waals surface area contributed by atoms with Crippen LogP contribution in [0.15, 0.2) is 34.5 Å². The number of rotatable bonds is 6. The Morgan fingerprint density at radius 1 is 1.06 bits per heavy atom. The van der Waals surface area contributed by atoms with Gasteiger partial charge >= 0.3 is 0 Å². The number of nitrogens with zero attached hydrogens (tertiary/aromatic N) is 2. The van der Waals surface area contributed by atoms with Crippen molar-refractivity contribution in [3.05, 3.63) is 35.4 Å². The van der Waals surface area contributed by atoms with Gasteiger partial charge in [0.15, 0.2) is 0 Å². The van der Waals surface area contributed by atoms with Crippen LogP contribution in [0.3, 0.4) is 0 Å². The van der Waals surface area contributed by atoms with Crippen molar-refractivity contribution in [2.75, 3.05) is 0 Å². The molecule has 0 aliphatic rings. The molecule has 0 N–H and O–H groups in total. The highest BCUT2D eigenvalue weighted by molar-refractivity contribution is 5.79. The van der Waals surface area contributed by atoms with Gasteiger partial charge < -0.3 is 0 Å². The molecule has 0 radical (unpaired) electrons. The van der Waals surface area contributed by atoms with Crippen molar-refractivity contribution in [1.82, 2.24) is 0 Å². The zero-order valence-electron chi connectivity index (χ0n) is 10.2. The Balaban J connectivity index is 2.28. The third-order valence-corrected chi connectivity index (χ3v) is 2.37. The first-order valence-electron chi connectivity index (χ1n) is 5.94. The van der Waals surface area contributed by atoms with E-state index in [1.54, 1.807) is 6.21 Å². The zero-order valence-corrected chi connectivity index (χ0v) is 10.2. The van der Waals surface area contributed by atoms with Crippen LogP contribution in [0.1, 0.15) is 43.7 Å². The first-order valence-corrected chi connectivity index (χ1v) is 5.94. The lowest BCUT2D eigenvalue weighted by Crippen LogP contribution is -1.80. The van der Waals surface area contributed by atoms with Crippen molar-refractivity contribution in [2.45, 2.75) is 39.5 Å². The summed E-state index contributed by atoms with van der Waals surface area (Å²) in [4.78, 5) is 0. The average Bonchev–Trinajstić information content (AvgIpc) is 2.30. The summed E-state index contributed by atoms with van der Waals surface area (Å²) >= 11 is 0. The minimum Gasteiger partial charge on any atom is -0.164 e. The number of aryl methyl sites for hydroxylation is 1. The second-order valence-corrected chi connectivity index (χ2v) is 3.95. The lowest BCUT2D eigenvalue weighted by molar-refractivity contribution is 0.745. The molecule has 1 rings (SSSR count). The second kappa shape index (κ2) is 7.80. The predicted octanol–water partition coefficient (Wildman–Crippen LogP) is 3.98. The molecule has 2 heteroatoms. The van der Waals surface area contributed by atoms with Gasteiger partial charge in [0, 0.05) is 6.21 Å². The first kappa shape index (κ1) is 12.6. The number of hydrogen-bond donors (Lipinski definition) is 0. The molecular formula is C14H20N2. The number of hydrogen-bond acceptors (Lipinski definition) is 2. The smallest absolute Gasteiger partial charge is 0.0567 e. The zero-order chi connectivity index (χ0) is 11.6. The Hall–Kier alpha value is -1.44. The van der Waals surface area contributed by atoms with Gasteiger partial charge in [0.25, 0.3) is 0 Å². The van der Waals surface area contributed by atoms with Gasteiger partial charge in [-0.05, 0) is 25.3 Å². The van der Waals surface area contributed by atoms with Crippen molar-refractivity contribution < 1.29 is 0 Å². The summed E-state index contributed by atoms with van der Waals surface area (Å²) in [6, 6.07) is 8.25. The van der Waals surface area contributed by atoms with Gasteiger partial charge in [-0.3, -0.25) is 0 Å². The standard InChI is InChI=1S/C14H20N2/c1-3-4-5-6-11-15-16-12-14-9-7-13(2)8-10-14/h7-12H,3-6H2,1-2H3/b15-11+,16-12+. The molecule has 0 aliphatic carbocycles. The van der Waals surface area contributed by atoms with E-state index in [1.807, 2.05) is 18.3 Å². The molecular weight excluding hydrogens is 196 g/mol. The molecule has 1 aromatic rings. The van der Waals surface area contributed by atoms with Crippen LogP contribution in [0.2, 0.25) is 0 Å². The molecule has 0 saturated heterocycles. The van der Waals surface area contributed by atoms with Gasteiger partial charge in [-0.2, -0.15) is 10.2 Å². The van der Waals surface area contributed by atoms with Crippen LogP contribution in [-0.2, 0) is 0 Å². The van der Waals surface area contributed by atoms with Crippen LogP contribution in [0.5, 0.6) is 0 Å². The van der Waals surface area contributed by atoms with Gasteiger partial charge in [-0.1, -0.05) is 49.6 Å². The SMILES string of the molecule is CCCCC/C=N/N=C/c1ccc(C)cc1. The van der Waals surface area contributed by atoms with Crippen LogP contribution in [0.4, 0.5) is 0 Å². The molecule has 0 atom stereocenters. The maximum Gasteiger partial charge on any atom is 0.0567 e. The Labute approximate surface area is 98.1 Å². The Morgan fingerprint density at radius 3 is 2.50 bits per heavy atom. The summed E-state index contributed by atoms with van der Waals surface area (Å²) in [7, 11) is 0. The Kier molecular flexibility index (Phi) is 6.16. The van der Waals surface area contributed by atoms with Crippen LogP contribution < -0.4 is 0 Å². The summed E-state index contributed by atoms with van der Waals surface area (Å²) in [6.07, 6.45) is 8.43. The van der Waals surface area contributed by atoms with Gasteiger partial charge in [-0.25, -0.2) is 0 Å². The molecule has 0 spiro atoms. The molecule has 0 bridgehead atoms. The summed E-state index contributed by atoms with van der Waals surface area (Å²) in [5.41, 5.74) is 2.36. The van der Waals surface area contributed by atoms with Gasteiger partial charge in [0.2, 0.25) is 0 Å². The molecule has 0 amide bonds. The van der Waals surface area contributed by atoms with Crippen molar-refractivity contribution in [2.24, 2.45) is 10.2 Å². The lowest BCUT2D eigenvalue weighted by Gasteiger charge is -1.92. The van der Waals surface area contributed by atoms with Gasteiger partial charge in [-0.15, -0.1) is 0 Å². The fraction of sp³-hybridized carbons (Fsp3) is 0.429. The fourth-order valence-electron chi connectivity index (χ4n) is 1.34. The molecule has 0 heterocycles. The fourth-order valence-corrected chi connectivity index (χ4v) is 1.34. The quantitative estimate of drug-likeness (QED) is 0.390. The number of benzene rings is 1. The molecule has 2 nitrogen and oxygen atoms in total. The van der Waals surface area contributed by atoms with Gasteiger partial charge in [0.1, 0.15) is 0 Å². The third kappa shape index (κ3) is 5.44. The molecule has 0 aromatic heterocycles. The minimum absolute atomic E-state index is 1.03. The van der Waals surface area contributed by atoms with Crippen molar-refractivity contribution in [1.29, 1.82) is 0 Å². The van der Waals surface area contributed by atoms with Crippen molar-refractivity contribution in [3.63, 3.8) is 0 Å². The molecule has 86 valence electrons. The summed E-state index contributed by atoms with van der Waals surface area (Å²) in [6.45, 7) is 4.28. The van der Waals surface area contributed by atoms with Gasteiger partial charge in [0.05, 0.1) is 6.21 Å². The van der Waals surface area contributed by atoms with E-state index in [9.17, 15) is 0 Å². The minimum atomic E-state index is 1.03. The van der Waals surface area contributed by atoms with Crippen LogP contribution >= 0.6 is 0 Å². The normalized spacial score (nSPS) is 11.6. The van der Waals surface area contributed by atoms with E-state index in [-0.39, 0.29) is 0 Å². The van der Waals surface area contributed by atoms with E-state index in [0.717, 1.165) is 12.0 Å². The summed E-state index contributed by atoms with van der Waals surface area (Å²) in [5.74, 6) is 0. The highest BCUT2D eigenvalue weighted by Crippen LogP contribution is 2.00. The summed E-state index contributed by atoms with van der Waals surface area (Å²) < 4.78 is 0. The van der Waals surface area contributed by atoms with Crippen molar-refractivity contribution in [3.8, 4) is 0 Å². The summed E-state index contributed by atoms with van der Waals surface area (Å²) in [5, 5.41) is 8.02. The van der Waals surface area contributed by atoms with E-state index in [1.165, 1.54) is 24.8 Å². The molecule has 0 saturated carbocycles. The topological polar surface area (TPSA) is 24.7 Å². The van der Waals surface area contributed by atoms with E-state index in [0.29, 0.717) is 0 Å². The molecule has 1 aromatic carbocycles. The Morgan fingerprint density at radius 2 is 1.81 bits per heavy atom. The molecule has 0 unspecified atom stereocenters. The van der Waals surface area contributed by atoms with E-state index in [2.05, 4.69) is 36.2 Å². The first-order chi connectivity index (χ1) is 7.83. The maximum atomic E-state index is 4.01. The number of unbranched alkanes of at least 4 members (excludes halogenated alkanes) is 3. The molecule has 0 fully saturated rings. The third-order valence-electron chi connectivity index (χ3n) is 2.37. The van der Waals surface area contributed by atoms with Crippen LogP contribution in [0, 0.1) is 6.92 Å². The maximum absolute atomic E-state index is 4.01. The van der Waals surface area contributed by atoms with E-state index < -0.39 is 0 Å². The molecule has 0 aliphatic heterocycles. The van der Waals surface area contributed by atoms with Crippen LogP contribution in [-0.4, -0.2) is 12.4 Å². The lowest BCUT2D eigenvalue weighted by atomic mass is 10.2. The monoisotopic (exact) mass is 216 g/mol. The van der Waals surface area contributed by atoms with Crippen LogP contribution in [0.25, 0.3) is 0 Å². The van der Waals surface area contributed by atoms with E-state index in [4.69, 9.17) is 0 Å². The average molecular weight is 216 g/mol. The van der Waals surface area contributed by atoms with E-state index >= 15 is 0 Å². The molecule has 16 heavy (non-hydrogen) atoms.